The molecule has 2 heterocycles. The van der Waals surface area contributed by atoms with Crippen molar-refractivity contribution < 1.29 is 28.2 Å². The van der Waals surface area contributed by atoms with Crippen LogP contribution >= 0.6 is 0 Å². The summed E-state index contributed by atoms with van der Waals surface area (Å²) in [7, 11) is 0. The number of nitrogens with zero attached hydrogens (tertiary/aromatic N) is 2. The van der Waals surface area contributed by atoms with Gasteiger partial charge in [0.1, 0.15) is 10.7 Å². The fourth-order valence-corrected chi connectivity index (χ4v) is 2.22. The summed E-state index contributed by atoms with van der Waals surface area (Å²) in [5.41, 5.74) is 0.393. The summed E-state index contributed by atoms with van der Waals surface area (Å²) in [6.07, 6.45) is -1.33. The molecule has 0 aliphatic carbocycles. The zero-order chi connectivity index (χ0) is 19.4. The number of anilines is 1. The van der Waals surface area contributed by atoms with Crippen LogP contribution in [0.3, 0.4) is 0 Å². The Morgan fingerprint density at radius 2 is 1.96 bits per heavy atom. The third kappa shape index (κ3) is 4.18. The lowest BCUT2D eigenvalue weighted by atomic mass is 10.1. The number of nitro groups is 1. The van der Waals surface area contributed by atoms with Crippen LogP contribution in [-0.2, 0) is 9.53 Å². The maximum absolute atomic E-state index is 12.6. The van der Waals surface area contributed by atoms with E-state index in [1.807, 2.05) is 0 Å². The predicted octanol–water partition coefficient (Wildman–Crippen LogP) is 3.02. The van der Waals surface area contributed by atoms with Gasteiger partial charge < -0.3 is 19.0 Å². The summed E-state index contributed by atoms with van der Waals surface area (Å²) in [6, 6.07) is 11.9. The highest BCUT2D eigenvalue weighted by molar-refractivity contribution is 5.97. The van der Waals surface area contributed by atoms with Crippen molar-refractivity contribution in [3.8, 4) is 0 Å². The number of aromatic nitrogens is 1. The molecule has 1 N–H and O–H groups in total. The molecule has 1 unspecified atom stereocenters. The summed E-state index contributed by atoms with van der Waals surface area (Å²) in [6.45, 7) is 1.65. The van der Waals surface area contributed by atoms with E-state index >= 15 is 0 Å². The van der Waals surface area contributed by atoms with Crippen molar-refractivity contribution in [2.75, 3.05) is 5.32 Å². The minimum atomic E-state index is -1.33. The van der Waals surface area contributed by atoms with E-state index in [2.05, 4.69) is 10.5 Å². The molecule has 0 saturated heterocycles. The number of rotatable bonds is 6. The number of hydrogen-bond donors (Lipinski definition) is 1. The summed E-state index contributed by atoms with van der Waals surface area (Å²) in [5.74, 6) is -2.06. The number of furan rings is 1. The Morgan fingerprint density at radius 1 is 1.22 bits per heavy atom. The van der Waals surface area contributed by atoms with E-state index in [1.165, 1.54) is 6.07 Å². The number of carbonyl (C=O) groups is 2. The second-order valence-electron chi connectivity index (χ2n) is 5.40. The molecule has 0 aliphatic heterocycles. The molecule has 1 amide bonds. The summed E-state index contributed by atoms with van der Waals surface area (Å²) in [4.78, 5) is 34.8. The van der Waals surface area contributed by atoms with Gasteiger partial charge in [0.2, 0.25) is 11.9 Å². The zero-order valence-corrected chi connectivity index (χ0v) is 13.9. The maximum atomic E-state index is 12.6. The molecule has 0 bridgehead atoms. The molecule has 0 fully saturated rings. The molecule has 10 nitrogen and oxygen atoms in total. The molecule has 3 rings (SSSR count). The van der Waals surface area contributed by atoms with E-state index in [4.69, 9.17) is 13.7 Å². The fourth-order valence-electron chi connectivity index (χ4n) is 2.22. The van der Waals surface area contributed by atoms with Gasteiger partial charge in [0.15, 0.2) is 5.82 Å². The second kappa shape index (κ2) is 7.52. The minimum absolute atomic E-state index is 0.156. The number of ether oxygens (including phenoxy) is 1. The van der Waals surface area contributed by atoms with Crippen molar-refractivity contribution in [2.45, 2.75) is 13.0 Å². The molecular weight excluding hydrogens is 358 g/mol. The Bertz CT molecular complexity index is 977. The van der Waals surface area contributed by atoms with Crippen LogP contribution in [0.5, 0.6) is 0 Å². The maximum Gasteiger partial charge on any atom is 0.433 e. The van der Waals surface area contributed by atoms with Crippen molar-refractivity contribution in [1.82, 2.24) is 5.16 Å². The monoisotopic (exact) mass is 371 g/mol. The van der Waals surface area contributed by atoms with Crippen molar-refractivity contribution in [1.29, 1.82) is 0 Å². The van der Waals surface area contributed by atoms with Crippen molar-refractivity contribution in [3.05, 3.63) is 75.7 Å². The molecule has 1 aromatic carbocycles. The predicted molar refractivity (Wildman–Crippen MR) is 89.8 cm³/mol. The van der Waals surface area contributed by atoms with Gasteiger partial charge in [-0.25, -0.2) is 4.79 Å². The average molecular weight is 371 g/mol. The Morgan fingerprint density at radius 3 is 2.56 bits per heavy atom. The van der Waals surface area contributed by atoms with Crippen molar-refractivity contribution in [2.24, 2.45) is 0 Å². The largest absolute Gasteiger partial charge is 0.441 e. The number of hydrogen-bond acceptors (Lipinski definition) is 8. The quantitative estimate of drug-likeness (QED) is 0.396. The lowest BCUT2D eigenvalue weighted by Gasteiger charge is -2.16. The van der Waals surface area contributed by atoms with Gasteiger partial charge in [0.25, 0.3) is 5.91 Å². The van der Waals surface area contributed by atoms with Gasteiger partial charge in [0, 0.05) is 11.6 Å². The van der Waals surface area contributed by atoms with Gasteiger partial charge in [-0.15, -0.1) is 0 Å². The zero-order valence-electron chi connectivity index (χ0n) is 13.9. The van der Waals surface area contributed by atoms with Crippen LogP contribution in [0.1, 0.15) is 28.0 Å². The highest BCUT2D eigenvalue weighted by Crippen LogP contribution is 2.23. The van der Waals surface area contributed by atoms with Gasteiger partial charge in [-0.3, -0.25) is 14.9 Å². The number of benzene rings is 1. The molecule has 138 valence electrons. The molecule has 1 atom stereocenters. The van der Waals surface area contributed by atoms with E-state index in [9.17, 15) is 19.7 Å². The first-order valence-electron chi connectivity index (χ1n) is 7.68. The Balaban J connectivity index is 1.82. The van der Waals surface area contributed by atoms with Crippen LogP contribution < -0.4 is 5.32 Å². The third-order valence-corrected chi connectivity index (χ3v) is 3.42. The third-order valence-electron chi connectivity index (χ3n) is 3.42. The summed E-state index contributed by atoms with van der Waals surface area (Å²) in [5, 5.41) is 16.8. The Hall–Kier alpha value is -3.95. The normalized spacial score (nSPS) is 11.6. The first kappa shape index (κ1) is 17.9. The number of esters is 1. The smallest absolute Gasteiger partial charge is 0.433 e. The number of amides is 1. The lowest BCUT2D eigenvalue weighted by Crippen LogP contribution is -2.26. The number of carbonyl (C=O) groups excluding carboxylic acids is 2. The SMILES string of the molecule is Cc1cc(NC(=O)C(OC(=O)c2ccc([N+](=O)[O-])o2)c2ccccc2)no1. The molecule has 3 aromatic rings. The van der Waals surface area contributed by atoms with E-state index in [0.29, 0.717) is 11.3 Å². The van der Waals surface area contributed by atoms with Crippen LogP contribution in [0.4, 0.5) is 11.7 Å². The number of aryl methyl sites for hydroxylation is 1. The van der Waals surface area contributed by atoms with Gasteiger partial charge in [-0.05, 0) is 13.0 Å². The molecule has 27 heavy (non-hydrogen) atoms. The first-order valence-corrected chi connectivity index (χ1v) is 7.68. The number of nitrogens with one attached hydrogen (secondary N) is 1. The van der Waals surface area contributed by atoms with Gasteiger partial charge in [-0.2, -0.15) is 0 Å². The molecule has 0 saturated carbocycles. The van der Waals surface area contributed by atoms with Crippen LogP contribution in [-0.4, -0.2) is 22.0 Å². The van der Waals surface area contributed by atoms with E-state index in [0.717, 1.165) is 12.1 Å². The first-order chi connectivity index (χ1) is 12.9. The average Bonchev–Trinajstić information content (AvgIpc) is 3.29. The fraction of sp³-hybridized carbons (Fsp3) is 0.118. The molecule has 10 heteroatoms. The minimum Gasteiger partial charge on any atom is -0.441 e. The summed E-state index contributed by atoms with van der Waals surface area (Å²) < 4.78 is 14.9. The van der Waals surface area contributed by atoms with Crippen LogP contribution in [0.15, 0.2) is 57.5 Å². The topological polar surface area (TPSA) is 138 Å². The molecule has 0 radical (unpaired) electrons. The van der Waals surface area contributed by atoms with E-state index in [1.54, 1.807) is 37.3 Å². The highest BCUT2D eigenvalue weighted by Gasteiger charge is 2.28. The molecule has 2 aromatic heterocycles. The van der Waals surface area contributed by atoms with Crippen LogP contribution in [0.25, 0.3) is 0 Å². The van der Waals surface area contributed by atoms with Crippen molar-refractivity contribution >= 4 is 23.6 Å². The highest BCUT2D eigenvalue weighted by atomic mass is 16.7. The molecule has 0 spiro atoms. The van der Waals surface area contributed by atoms with E-state index in [-0.39, 0.29) is 5.82 Å². The lowest BCUT2D eigenvalue weighted by molar-refractivity contribution is -0.402. The summed E-state index contributed by atoms with van der Waals surface area (Å²) >= 11 is 0. The molecule has 0 aliphatic rings. The molecular formula is C17H13N3O7. The van der Waals surface area contributed by atoms with Gasteiger partial charge in [0.05, 0.1) is 6.07 Å². The van der Waals surface area contributed by atoms with E-state index < -0.39 is 34.5 Å². The standard InChI is InChI=1S/C17H13N3O7/c1-10-9-13(19-27-10)18-16(21)15(11-5-3-2-4-6-11)26-17(22)12-7-8-14(25-12)20(23)24/h2-9,15H,1H3,(H,18,19,21). The second-order valence-corrected chi connectivity index (χ2v) is 5.40. The van der Waals surface area contributed by atoms with Crippen LogP contribution in [0.2, 0.25) is 0 Å². The van der Waals surface area contributed by atoms with Crippen LogP contribution in [0, 0.1) is 17.0 Å². The Kier molecular flexibility index (Phi) is 4.97. The van der Waals surface area contributed by atoms with Gasteiger partial charge >= 0.3 is 11.9 Å². The van der Waals surface area contributed by atoms with Crippen molar-refractivity contribution in [3.63, 3.8) is 0 Å². The Labute approximate surface area is 151 Å². The van der Waals surface area contributed by atoms with Gasteiger partial charge in [-0.1, -0.05) is 35.5 Å².